The van der Waals surface area contributed by atoms with Crippen LogP contribution >= 0.6 is 11.6 Å². The summed E-state index contributed by atoms with van der Waals surface area (Å²) in [7, 11) is 4.01. The average molecular weight is 456 g/mol. The number of hydrogen-bond acceptors (Lipinski definition) is 6. The smallest absolute Gasteiger partial charge is 0.260 e. The zero-order valence-electron chi connectivity index (χ0n) is 18.2. The van der Waals surface area contributed by atoms with E-state index in [1.54, 1.807) is 24.5 Å². The molecular formula is C22H26ClN7O2. The molecule has 0 spiro atoms. The van der Waals surface area contributed by atoms with Crippen LogP contribution in [0.3, 0.4) is 0 Å². The van der Waals surface area contributed by atoms with Crippen molar-refractivity contribution in [2.75, 3.05) is 26.4 Å². The number of rotatable bonds is 5. The predicted molar refractivity (Wildman–Crippen MR) is 127 cm³/mol. The van der Waals surface area contributed by atoms with Crippen LogP contribution in [-0.4, -0.2) is 50.6 Å². The summed E-state index contributed by atoms with van der Waals surface area (Å²) in [5.74, 6) is -0.516. The average Bonchev–Trinajstić information content (AvgIpc) is 3.09. The first-order chi connectivity index (χ1) is 15.2. The number of benzene rings is 1. The minimum atomic E-state index is -0.619. The Morgan fingerprint density at radius 1 is 1.25 bits per heavy atom. The molecule has 9 nitrogen and oxygen atoms in total. The van der Waals surface area contributed by atoms with Crippen molar-refractivity contribution in [2.24, 2.45) is 5.73 Å². The second kappa shape index (κ2) is 9.80. The monoisotopic (exact) mass is 455 g/mol. The summed E-state index contributed by atoms with van der Waals surface area (Å²) in [5.41, 5.74) is 12.2. The molecule has 0 saturated heterocycles. The van der Waals surface area contributed by atoms with E-state index in [1.165, 1.54) is 4.52 Å². The highest BCUT2D eigenvalue weighted by molar-refractivity contribution is 6.35. The summed E-state index contributed by atoms with van der Waals surface area (Å²) >= 11 is 6.17. The Morgan fingerprint density at radius 3 is 2.66 bits per heavy atom. The van der Waals surface area contributed by atoms with Gasteiger partial charge in [-0.15, -0.1) is 5.10 Å². The lowest BCUT2D eigenvalue weighted by atomic mass is 10.1. The molecule has 4 aromatic rings. The largest absolute Gasteiger partial charge is 0.381 e. The van der Waals surface area contributed by atoms with Gasteiger partial charge >= 0.3 is 0 Å². The number of carbonyl (C=O) groups is 1. The fourth-order valence-electron chi connectivity index (χ4n) is 3.39. The summed E-state index contributed by atoms with van der Waals surface area (Å²) in [4.78, 5) is 29.6. The number of nitrogens with zero attached hydrogens (tertiary/aromatic N) is 5. The number of primary amides is 1. The fourth-order valence-corrected chi connectivity index (χ4v) is 3.65. The number of hydrogen-bond donors (Lipinski definition) is 2. The van der Waals surface area contributed by atoms with E-state index in [9.17, 15) is 9.59 Å². The minimum Gasteiger partial charge on any atom is -0.381 e. The molecule has 0 atom stereocenters. The number of fused-ring (bicyclic) bond motifs is 2. The second-order valence-corrected chi connectivity index (χ2v) is 7.87. The van der Waals surface area contributed by atoms with Crippen LogP contribution in [0, 0.1) is 0 Å². The van der Waals surface area contributed by atoms with E-state index in [1.807, 2.05) is 30.8 Å². The van der Waals surface area contributed by atoms with Gasteiger partial charge in [0.25, 0.3) is 11.5 Å². The highest BCUT2D eigenvalue weighted by Crippen LogP contribution is 2.21. The Bertz CT molecular complexity index is 1330. The van der Waals surface area contributed by atoms with E-state index in [2.05, 4.69) is 28.0 Å². The van der Waals surface area contributed by atoms with Crippen molar-refractivity contribution >= 4 is 39.7 Å². The van der Waals surface area contributed by atoms with Crippen molar-refractivity contribution in [1.29, 1.82) is 0 Å². The molecule has 0 aliphatic heterocycles. The Morgan fingerprint density at radius 2 is 2.00 bits per heavy atom. The molecule has 0 radical (unpaired) electrons. The highest BCUT2D eigenvalue weighted by atomic mass is 35.5. The summed E-state index contributed by atoms with van der Waals surface area (Å²) in [6, 6.07) is 9.35. The third-order valence-corrected chi connectivity index (χ3v) is 5.29. The van der Waals surface area contributed by atoms with E-state index < -0.39 is 5.91 Å². The van der Waals surface area contributed by atoms with Crippen LogP contribution in [0.2, 0.25) is 5.02 Å². The van der Waals surface area contributed by atoms with Gasteiger partial charge in [-0.1, -0.05) is 30.7 Å². The minimum absolute atomic E-state index is 0.0156. The van der Waals surface area contributed by atoms with Crippen LogP contribution in [0.4, 0.5) is 5.82 Å². The molecule has 0 aliphatic carbocycles. The van der Waals surface area contributed by atoms with Crippen molar-refractivity contribution in [2.45, 2.75) is 19.9 Å². The zero-order chi connectivity index (χ0) is 23.4. The molecule has 4 rings (SSSR count). The molecule has 0 fully saturated rings. The molecule has 168 valence electrons. The van der Waals surface area contributed by atoms with Gasteiger partial charge < -0.3 is 20.9 Å². The molecule has 3 heterocycles. The zero-order valence-corrected chi connectivity index (χ0v) is 19.0. The fraction of sp³-hybridized carbons (Fsp3) is 0.273. The van der Waals surface area contributed by atoms with Gasteiger partial charge in [0.2, 0.25) is 0 Å². The maximum atomic E-state index is 12.6. The molecule has 1 amide bonds. The molecule has 4 N–H and O–H groups in total. The molecule has 0 unspecified atom stereocenters. The maximum absolute atomic E-state index is 12.6. The lowest BCUT2D eigenvalue weighted by Gasteiger charge is -2.16. The van der Waals surface area contributed by atoms with Crippen molar-refractivity contribution < 1.29 is 4.79 Å². The number of carbonyl (C=O) groups excluding carboxylic acids is 1. The molecule has 0 saturated carbocycles. The van der Waals surface area contributed by atoms with Gasteiger partial charge in [-0.05, 0) is 44.1 Å². The molecule has 32 heavy (non-hydrogen) atoms. The van der Waals surface area contributed by atoms with Crippen molar-refractivity contribution in [3.8, 4) is 0 Å². The molecule has 3 aromatic heterocycles. The van der Waals surface area contributed by atoms with E-state index in [0.29, 0.717) is 22.6 Å². The first-order valence-corrected chi connectivity index (χ1v) is 10.5. The normalized spacial score (nSPS) is 11.0. The standard InChI is InChI=1S/C15H19ClN2O.C7H7N5O/c1-4-12-10-11-6-5-7-13(16)14(11)15(19)18(12)9-8-17(2)3;8-5-4(6(9)13)7-10-2-1-3-12(7)11-5/h5-7,10H,4,8-9H2,1-3H3;1-3H,(H2,8,11)(H2,9,13). The Balaban J connectivity index is 0.000000193. The molecular weight excluding hydrogens is 430 g/mol. The summed E-state index contributed by atoms with van der Waals surface area (Å²) < 4.78 is 3.25. The van der Waals surface area contributed by atoms with Gasteiger partial charge in [-0.25, -0.2) is 9.50 Å². The Labute approximate surface area is 190 Å². The van der Waals surface area contributed by atoms with E-state index in [-0.39, 0.29) is 16.9 Å². The highest BCUT2D eigenvalue weighted by Gasteiger charge is 2.15. The van der Waals surface area contributed by atoms with Crippen LogP contribution in [0.15, 0.2) is 47.5 Å². The number of nitrogen functional groups attached to an aromatic ring is 1. The summed E-state index contributed by atoms with van der Waals surface area (Å²) in [6.45, 7) is 3.59. The number of pyridine rings is 1. The van der Waals surface area contributed by atoms with Crippen LogP contribution in [-0.2, 0) is 13.0 Å². The van der Waals surface area contributed by atoms with Crippen LogP contribution in [0.1, 0.15) is 23.0 Å². The molecule has 10 heteroatoms. The second-order valence-electron chi connectivity index (χ2n) is 7.47. The first kappa shape index (κ1) is 23.2. The third-order valence-electron chi connectivity index (χ3n) is 4.98. The Hall–Kier alpha value is -3.43. The quantitative estimate of drug-likeness (QED) is 0.475. The summed E-state index contributed by atoms with van der Waals surface area (Å²) in [6.07, 6.45) is 4.03. The number of aryl methyl sites for hydroxylation is 1. The Kier molecular flexibility index (Phi) is 7.12. The SMILES string of the molecule is CCc1cc2cccc(Cl)c2c(=O)n1CCN(C)C.NC(=O)c1c(N)nn2cccnc12. The maximum Gasteiger partial charge on any atom is 0.260 e. The van der Waals surface area contributed by atoms with Crippen LogP contribution < -0.4 is 17.0 Å². The molecule has 0 aliphatic rings. The van der Waals surface area contributed by atoms with Gasteiger partial charge in [-0.2, -0.15) is 0 Å². The van der Waals surface area contributed by atoms with Crippen molar-refractivity contribution in [3.05, 3.63) is 69.4 Å². The number of aromatic nitrogens is 4. The lowest BCUT2D eigenvalue weighted by Crippen LogP contribution is -2.29. The van der Waals surface area contributed by atoms with Gasteiger partial charge in [-0.3, -0.25) is 9.59 Å². The summed E-state index contributed by atoms with van der Waals surface area (Å²) in [5, 5.41) is 5.95. The molecule has 0 bridgehead atoms. The van der Waals surface area contributed by atoms with Crippen LogP contribution in [0.25, 0.3) is 16.4 Å². The number of nitrogens with two attached hydrogens (primary N) is 2. The van der Waals surface area contributed by atoms with E-state index in [0.717, 1.165) is 24.0 Å². The number of halogens is 1. The van der Waals surface area contributed by atoms with E-state index >= 15 is 0 Å². The van der Waals surface area contributed by atoms with Gasteiger partial charge in [0, 0.05) is 31.2 Å². The number of amides is 1. The van der Waals surface area contributed by atoms with E-state index in [4.69, 9.17) is 23.1 Å². The molecule has 1 aromatic carbocycles. The van der Waals surface area contributed by atoms with Gasteiger partial charge in [0.05, 0.1) is 10.4 Å². The van der Waals surface area contributed by atoms with Gasteiger partial charge in [0.1, 0.15) is 5.56 Å². The van der Waals surface area contributed by atoms with Crippen molar-refractivity contribution in [1.82, 2.24) is 24.1 Å². The first-order valence-electron chi connectivity index (χ1n) is 10.1. The van der Waals surface area contributed by atoms with Gasteiger partial charge in [0.15, 0.2) is 11.5 Å². The lowest BCUT2D eigenvalue weighted by molar-refractivity contribution is 0.100. The predicted octanol–water partition coefficient (Wildman–Crippen LogP) is 2.19. The topological polar surface area (TPSA) is 125 Å². The third kappa shape index (κ3) is 4.74. The van der Waals surface area contributed by atoms with Crippen molar-refractivity contribution in [3.63, 3.8) is 0 Å². The number of anilines is 1. The van der Waals surface area contributed by atoms with Crippen LogP contribution in [0.5, 0.6) is 0 Å². The number of likely N-dealkylation sites (N-methyl/N-ethyl adjacent to an activating group) is 1.